The molecule has 4 heteroatoms. The number of benzene rings is 1. The Morgan fingerprint density at radius 2 is 1.88 bits per heavy atom. The molecule has 0 spiro atoms. The van der Waals surface area contributed by atoms with Crippen LogP contribution in [0.1, 0.15) is 43.5 Å². The molecule has 0 aliphatic carbocycles. The third-order valence-corrected chi connectivity index (χ3v) is 6.93. The molecular weight excluding hydrogens is 320 g/mol. The molecule has 26 heavy (non-hydrogen) atoms. The van der Waals surface area contributed by atoms with Crippen molar-refractivity contribution in [3.63, 3.8) is 0 Å². The van der Waals surface area contributed by atoms with Crippen LogP contribution in [0.2, 0.25) is 0 Å². The molecule has 0 amide bonds. The second-order valence-corrected chi connectivity index (χ2v) is 8.34. The maximum Gasteiger partial charge on any atom is 0.122 e. The number of imidazole rings is 1. The van der Waals surface area contributed by atoms with Crippen LogP contribution in [0.3, 0.4) is 0 Å². The van der Waals surface area contributed by atoms with Crippen LogP contribution in [0.5, 0.6) is 0 Å². The first-order valence-corrected chi connectivity index (χ1v) is 10.4. The zero-order valence-electron chi connectivity index (χ0n) is 15.8. The lowest BCUT2D eigenvalue weighted by molar-refractivity contribution is -0.00953. The van der Waals surface area contributed by atoms with E-state index in [4.69, 9.17) is 4.98 Å². The first-order valence-electron chi connectivity index (χ1n) is 10.4. The summed E-state index contributed by atoms with van der Waals surface area (Å²) in [6, 6.07) is 12.6. The third kappa shape index (κ3) is 2.71. The summed E-state index contributed by atoms with van der Waals surface area (Å²) in [5.74, 6) is 2.75. The van der Waals surface area contributed by atoms with Crippen LogP contribution in [0, 0.1) is 5.92 Å². The molecule has 0 N–H and O–H groups in total. The van der Waals surface area contributed by atoms with Crippen molar-refractivity contribution in [1.29, 1.82) is 0 Å². The van der Waals surface area contributed by atoms with Gasteiger partial charge >= 0.3 is 0 Å². The van der Waals surface area contributed by atoms with Crippen molar-refractivity contribution in [3.05, 3.63) is 54.1 Å². The topological polar surface area (TPSA) is 24.3 Å². The Morgan fingerprint density at radius 3 is 2.65 bits per heavy atom. The average molecular weight is 351 g/mol. The van der Waals surface area contributed by atoms with Crippen LogP contribution in [-0.4, -0.2) is 51.1 Å². The Bertz CT molecular complexity index is 732. The van der Waals surface area contributed by atoms with Gasteiger partial charge in [0.15, 0.2) is 0 Å². The summed E-state index contributed by atoms with van der Waals surface area (Å²) in [7, 11) is 0. The standard InChI is InChI=1S/C22H30N4/c1-2-11-24-14-10-23-20(24)16-26-15-19(17-6-4-3-5-7-17)22-21(26)18-8-12-25(22)13-9-18/h3-7,10,14,18-19,21-22H,2,8-9,11-13,15-16H2,1H3/t19-,21+,22+/m1/s1. The van der Waals surface area contributed by atoms with E-state index in [1.165, 1.54) is 50.3 Å². The first kappa shape index (κ1) is 16.5. The molecule has 3 atom stereocenters. The zero-order chi connectivity index (χ0) is 17.5. The van der Waals surface area contributed by atoms with E-state index in [0.29, 0.717) is 18.0 Å². The Kier molecular flexibility index (Phi) is 4.33. The maximum absolute atomic E-state index is 4.70. The van der Waals surface area contributed by atoms with Crippen molar-refractivity contribution in [3.8, 4) is 0 Å². The van der Waals surface area contributed by atoms with Crippen LogP contribution in [0.25, 0.3) is 0 Å². The number of hydrogen-bond acceptors (Lipinski definition) is 3. The lowest BCUT2D eigenvalue weighted by Gasteiger charge is -2.51. The molecule has 5 heterocycles. The summed E-state index contributed by atoms with van der Waals surface area (Å²) in [5.41, 5.74) is 1.52. The van der Waals surface area contributed by atoms with Crippen molar-refractivity contribution >= 4 is 0 Å². The van der Waals surface area contributed by atoms with Crippen LogP contribution < -0.4 is 0 Å². The molecule has 0 saturated carbocycles. The van der Waals surface area contributed by atoms with Gasteiger partial charge in [0.25, 0.3) is 0 Å². The Labute approximate surface area is 156 Å². The van der Waals surface area contributed by atoms with E-state index in [-0.39, 0.29) is 0 Å². The molecule has 1 aromatic heterocycles. The molecule has 2 aromatic rings. The highest BCUT2D eigenvalue weighted by Crippen LogP contribution is 2.46. The minimum atomic E-state index is 0.638. The van der Waals surface area contributed by atoms with Crippen LogP contribution >= 0.6 is 0 Å². The molecule has 2 bridgehead atoms. The fourth-order valence-corrected chi connectivity index (χ4v) is 5.83. The van der Waals surface area contributed by atoms with E-state index < -0.39 is 0 Å². The first-order chi connectivity index (χ1) is 12.8. The zero-order valence-corrected chi connectivity index (χ0v) is 15.8. The van der Waals surface area contributed by atoms with Crippen molar-refractivity contribution in [2.75, 3.05) is 19.6 Å². The molecule has 4 aliphatic rings. The second kappa shape index (κ2) is 6.82. The molecule has 1 aromatic carbocycles. The number of fused-ring (bicyclic) bond motifs is 2. The van der Waals surface area contributed by atoms with E-state index >= 15 is 0 Å². The number of piperidine rings is 3. The predicted molar refractivity (Wildman–Crippen MR) is 104 cm³/mol. The molecule has 4 saturated heterocycles. The van der Waals surface area contributed by atoms with Crippen molar-refractivity contribution in [1.82, 2.24) is 19.4 Å². The van der Waals surface area contributed by atoms with Gasteiger partial charge in [-0.15, -0.1) is 0 Å². The van der Waals surface area contributed by atoms with Gasteiger partial charge in [0.05, 0.1) is 6.54 Å². The van der Waals surface area contributed by atoms with Gasteiger partial charge in [0.1, 0.15) is 5.82 Å². The molecule has 4 aliphatic heterocycles. The van der Waals surface area contributed by atoms with Crippen LogP contribution in [0.4, 0.5) is 0 Å². The molecule has 0 unspecified atom stereocenters. The lowest BCUT2D eigenvalue weighted by Crippen LogP contribution is -2.60. The predicted octanol–water partition coefficient (Wildman–Crippen LogP) is 3.36. The minimum absolute atomic E-state index is 0.638. The van der Waals surface area contributed by atoms with Crippen molar-refractivity contribution < 1.29 is 0 Å². The Balaban J connectivity index is 1.45. The van der Waals surface area contributed by atoms with Crippen molar-refractivity contribution in [2.45, 2.75) is 57.3 Å². The second-order valence-electron chi connectivity index (χ2n) is 8.34. The van der Waals surface area contributed by atoms with Crippen LogP contribution in [0.15, 0.2) is 42.7 Å². The number of rotatable bonds is 5. The molecule has 4 fully saturated rings. The highest BCUT2D eigenvalue weighted by molar-refractivity contribution is 5.27. The van der Waals surface area contributed by atoms with Gasteiger partial charge in [-0.2, -0.15) is 0 Å². The fraction of sp³-hybridized carbons (Fsp3) is 0.591. The monoisotopic (exact) mass is 350 g/mol. The largest absolute Gasteiger partial charge is 0.334 e. The van der Waals surface area contributed by atoms with Gasteiger partial charge in [0, 0.05) is 43.5 Å². The SMILES string of the molecule is CCCn1ccnc1CN1C[C@H](c2ccccc2)[C@H]2[C@@H]1C1CCN2CC1. The minimum Gasteiger partial charge on any atom is -0.334 e. The molecule has 0 radical (unpaired) electrons. The molecule has 4 nitrogen and oxygen atoms in total. The summed E-state index contributed by atoms with van der Waals surface area (Å²) in [6.07, 6.45) is 8.05. The van der Waals surface area contributed by atoms with E-state index in [2.05, 4.69) is 57.8 Å². The molecular formula is C22H30N4. The Morgan fingerprint density at radius 1 is 1.08 bits per heavy atom. The normalized spacial score (nSPS) is 33.5. The summed E-state index contributed by atoms with van der Waals surface area (Å²) < 4.78 is 2.35. The Hall–Kier alpha value is -1.65. The van der Waals surface area contributed by atoms with Crippen LogP contribution in [-0.2, 0) is 13.1 Å². The average Bonchev–Trinajstić information content (AvgIpc) is 3.30. The highest BCUT2D eigenvalue weighted by Gasteiger charge is 2.53. The quantitative estimate of drug-likeness (QED) is 0.826. The fourth-order valence-electron chi connectivity index (χ4n) is 5.83. The van der Waals surface area contributed by atoms with E-state index in [1.54, 1.807) is 0 Å². The summed E-state index contributed by atoms with van der Waals surface area (Å²) in [4.78, 5) is 10.3. The third-order valence-electron chi connectivity index (χ3n) is 6.93. The smallest absolute Gasteiger partial charge is 0.122 e. The number of aryl methyl sites for hydroxylation is 1. The number of nitrogens with zero attached hydrogens (tertiary/aromatic N) is 4. The van der Waals surface area contributed by atoms with Gasteiger partial charge in [0.2, 0.25) is 0 Å². The van der Waals surface area contributed by atoms with Gasteiger partial charge in [-0.1, -0.05) is 37.3 Å². The summed E-state index contributed by atoms with van der Waals surface area (Å²) >= 11 is 0. The van der Waals surface area contributed by atoms with Gasteiger partial charge in [-0.3, -0.25) is 9.80 Å². The van der Waals surface area contributed by atoms with Gasteiger partial charge in [-0.25, -0.2) is 4.98 Å². The van der Waals surface area contributed by atoms with Gasteiger partial charge in [-0.05, 0) is 43.8 Å². The van der Waals surface area contributed by atoms with Gasteiger partial charge < -0.3 is 4.57 Å². The number of hydrogen-bond donors (Lipinski definition) is 0. The van der Waals surface area contributed by atoms with E-state index in [0.717, 1.165) is 19.0 Å². The lowest BCUT2D eigenvalue weighted by atomic mass is 9.75. The highest BCUT2D eigenvalue weighted by atomic mass is 15.3. The molecule has 138 valence electrons. The van der Waals surface area contributed by atoms with E-state index in [9.17, 15) is 0 Å². The summed E-state index contributed by atoms with van der Waals surface area (Å²) in [6.45, 7) is 8.09. The number of likely N-dealkylation sites (tertiary alicyclic amines) is 1. The maximum atomic E-state index is 4.70. The van der Waals surface area contributed by atoms with Crippen molar-refractivity contribution in [2.24, 2.45) is 5.92 Å². The molecule has 6 rings (SSSR count). The van der Waals surface area contributed by atoms with E-state index in [1.807, 2.05) is 6.20 Å². The number of aromatic nitrogens is 2. The summed E-state index contributed by atoms with van der Waals surface area (Å²) in [5, 5.41) is 0.